The van der Waals surface area contributed by atoms with E-state index < -0.39 is 0 Å². The number of aromatic nitrogens is 3. The summed E-state index contributed by atoms with van der Waals surface area (Å²) in [5.74, 6) is 0.0272. The molecule has 7 heteroatoms. The third-order valence-electron chi connectivity index (χ3n) is 3.94. The van der Waals surface area contributed by atoms with Crippen molar-refractivity contribution in [1.29, 1.82) is 0 Å². The van der Waals surface area contributed by atoms with Crippen LogP contribution < -0.4 is 5.56 Å². The highest BCUT2D eigenvalue weighted by Gasteiger charge is 2.12. The molecule has 132 valence electrons. The zero-order valence-electron chi connectivity index (χ0n) is 13.9. The van der Waals surface area contributed by atoms with Gasteiger partial charge >= 0.3 is 0 Å². The smallest absolute Gasteiger partial charge is 0.267 e. The highest BCUT2D eigenvalue weighted by molar-refractivity contribution is 6.31. The zero-order chi connectivity index (χ0) is 18.8. The Morgan fingerprint density at radius 3 is 2.52 bits per heavy atom. The zero-order valence-corrected chi connectivity index (χ0v) is 14.6. The monoisotopic (exact) mass is 378 g/mol. The summed E-state index contributed by atoms with van der Waals surface area (Å²) in [6.07, 6.45) is 4.70. The van der Waals surface area contributed by atoms with Gasteiger partial charge in [-0.1, -0.05) is 23.7 Å². The van der Waals surface area contributed by atoms with Gasteiger partial charge in [0.15, 0.2) is 5.82 Å². The molecule has 0 aliphatic heterocycles. The van der Waals surface area contributed by atoms with Crippen molar-refractivity contribution in [1.82, 2.24) is 14.6 Å². The van der Waals surface area contributed by atoms with Gasteiger partial charge in [-0.3, -0.25) is 9.78 Å². The topological polar surface area (TPSA) is 60.1 Å². The van der Waals surface area contributed by atoms with Crippen LogP contribution in [0.4, 0.5) is 4.39 Å². The Morgan fingerprint density at radius 2 is 1.78 bits per heavy atom. The first kappa shape index (κ1) is 17.1. The van der Waals surface area contributed by atoms with Crippen molar-refractivity contribution < 1.29 is 4.39 Å². The molecule has 0 unspecified atom stereocenters. The minimum atomic E-state index is -0.354. The van der Waals surface area contributed by atoms with Crippen molar-refractivity contribution in [3.8, 4) is 11.4 Å². The molecule has 0 atom stereocenters. The number of hydrogen-bond donors (Lipinski definition) is 0. The predicted octanol–water partition coefficient (Wildman–Crippen LogP) is 4.13. The van der Waals surface area contributed by atoms with E-state index >= 15 is 0 Å². The quantitative estimate of drug-likeness (QED) is 0.503. The normalized spacial score (nSPS) is 11.3. The summed E-state index contributed by atoms with van der Waals surface area (Å²) in [5, 5.41) is 5.09. The van der Waals surface area contributed by atoms with Crippen molar-refractivity contribution in [2.45, 2.75) is 0 Å². The second kappa shape index (κ2) is 7.09. The molecule has 27 heavy (non-hydrogen) atoms. The van der Waals surface area contributed by atoms with Gasteiger partial charge in [0.25, 0.3) is 5.56 Å². The Hall–Kier alpha value is -3.38. The average molecular weight is 379 g/mol. The van der Waals surface area contributed by atoms with Crippen LogP contribution in [0.25, 0.3) is 22.3 Å². The molecule has 2 aromatic carbocycles. The molecule has 4 rings (SSSR count). The number of nitrogens with zero attached hydrogens (tertiary/aromatic N) is 4. The Bertz CT molecular complexity index is 1200. The molecule has 0 radical (unpaired) electrons. The van der Waals surface area contributed by atoms with E-state index in [0.717, 1.165) is 0 Å². The maximum atomic E-state index is 13.1. The van der Waals surface area contributed by atoms with E-state index in [9.17, 15) is 9.18 Å². The van der Waals surface area contributed by atoms with E-state index in [-0.39, 0.29) is 11.4 Å². The van der Waals surface area contributed by atoms with Gasteiger partial charge in [-0.15, -0.1) is 0 Å². The first-order valence-electron chi connectivity index (χ1n) is 8.04. The van der Waals surface area contributed by atoms with E-state index in [1.165, 1.54) is 23.0 Å². The first-order valence-corrected chi connectivity index (χ1v) is 8.42. The van der Waals surface area contributed by atoms with Crippen LogP contribution in [0.3, 0.4) is 0 Å². The van der Waals surface area contributed by atoms with Crippen LogP contribution in [-0.4, -0.2) is 20.9 Å². The van der Waals surface area contributed by atoms with Crippen LogP contribution in [0, 0.1) is 5.82 Å². The second-order valence-electron chi connectivity index (χ2n) is 5.75. The van der Waals surface area contributed by atoms with E-state index in [4.69, 9.17) is 11.6 Å². The van der Waals surface area contributed by atoms with Gasteiger partial charge in [0, 0.05) is 23.0 Å². The van der Waals surface area contributed by atoms with E-state index in [1.807, 2.05) is 0 Å². The van der Waals surface area contributed by atoms with Gasteiger partial charge in [-0.05, 0) is 48.0 Å². The summed E-state index contributed by atoms with van der Waals surface area (Å²) in [6, 6.07) is 14.2. The van der Waals surface area contributed by atoms with Crippen LogP contribution >= 0.6 is 11.6 Å². The van der Waals surface area contributed by atoms with Gasteiger partial charge in [0.1, 0.15) is 5.82 Å². The maximum Gasteiger partial charge on any atom is 0.282 e. The van der Waals surface area contributed by atoms with Gasteiger partial charge in [0.2, 0.25) is 0 Å². The summed E-state index contributed by atoms with van der Waals surface area (Å²) in [6.45, 7) is 0. The fourth-order valence-corrected chi connectivity index (χ4v) is 2.79. The fourth-order valence-electron chi connectivity index (χ4n) is 2.62. The molecule has 2 aromatic heterocycles. The third-order valence-corrected chi connectivity index (χ3v) is 4.17. The standard InChI is InChI=1S/C20H12ClFN4O/c21-15-3-6-18-17(11-15)20(27)26(19(25-18)14-7-9-23-10-8-14)24-12-13-1-4-16(22)5-2-13/h1-12H. The molecule has 0 aliphatic carbocycles. The number of pyridine rings is 1. The molecule has 5 nitrogen and oxygen atoms in total. The number of rotatable bonds is 3. The molecule has 0 bridgehead atoms. The molecular formula is C20H12ClFN4O. The second-order valence-corrected chi connectivity index (χ2v) is 6.18. The predicted molar refractivity (Wildman–Crippen MR) is 104 cm³/mol. The summed E-state index contributed by atoms with van der Waals surface area (Å²) >= 11 is 6.03. The van der Waals surface area contributed by atoms with Crippen LogP contribution in [0.1, 0.15) is 5.56 Å². The summed E-state index contributed by atoms with van der Waals surface area (Å²) < 4.78 is 14.3. The molecule has 0 saturated carbocycles. The highest BCUT2D eigenvalue weighted by Crippen LogP contribution is 2.20. The van der Waals surface area contributed by atoms with Gasteiger partial charge in [-0.2, -0.15) is 9.78 Å². The lowest BCUT2D eigenvalue weighted by Gasteiger charge is -2.09. The van der Waals surface area contributed by atoms with Crippen LogP contribution in [-0.2, 0) is 0 Å². The maximum absolute atomic E-state index is 13.1. The lowest BCUT2D eigenvalue weighted by atomic mass is 10.2. The lowest BCUT2D eigenvalue weighted by Crippen LogP contribution is -2.20. The Morgan fingerprint density at radius 1 is 1.04 bits per heavy atom. The highest BCUT2D eigenvalue weighted by atomic mass is 35.5. The number of halogens is 2. The van der Waals surface area contributed by atoms with Crippen molar-refractivity contribution in [2.24, 2.45) is 5.10 Å². The number of benzene rings is 2. The van der Waals surface area contributed by atoms with Crippen LogP contribution in [0.2, 0.25) is 5.02 Å². The van der Waals surface area contributed by atoms with Crippen LogP contribution in [0.15, 0.2) is 76.9 Å². The molecule has 0 fully saturated rings. The van der Waals surface area contributed by atoms with Crippen LogP contribution in [0.5, 0.6) is 0 Å². The lowest BCUT2D eigenvalue weighted by molar-refractivity contribution is 0.628. The van der Waals surface area contributed by atoms with Crippen molar-refractivity contribution in [3.63, 3.8) is 0 Å². The summed E-state index contributed by atoms with van der Waals surface area (Å²) in [5.41, 5.74) is 1.50. The molecule has 2 heterocycles. The van der Waals surface area contributed by atoms with Gasteiger partial charge in [-0.25, -0.2) is 9.37 Å². The van der Waals surface area contributed by atoms with Gasteiger partial charge < -0.3 is 0 Å². The third kappa shape index (κ3) is 3.47. The minimum Gasteiger partial charge on any atom is -0.267 e. The fraction of sp³-hybridized carbons (Fsp3) is 0. The molecule has 0 N–H and O–H groups in total. The van der Waals surface area contributed by atoms with E-state index in [0.29, 0.717) is 32.9 Å². The Kier molecular flexibility index (Phi) is 4.48. The molecule has 0 spiro atoms. The number of hydrogen-bond acceptors (Lipinski definition) is 4. The number of fused-ring (bicyclic) bond motifs is 1. The first-order chi connectivity index (χ1) is 13.1. The van der Waals surface area contributed by atoms with E-state index in [2.05, 4.69) is 15.1 Å². The Balaban J connectivity index is 1.94. The average Bonchev–Trinajstić information content (AvgIpc) is 2.69. The van der Waals surface area contributed by atoms with E-state index in [1.54, 1.807) is 54.9 Å². The molecule has 0 saturated heterocycles. The SMILES string of the molecule is O=c1c2cc(Cl)ccc2nc(-c2ccncc2)n1N=Cc1ccc(F)cc1. The molecule has 0 amide bonds. The summed E-state index contributed by atoms with van der Waals surface area (Å²) in [4.78, 5) is 21.6. The molecule has 0 aliphatic rings. The van der Waals surface area contributed by atoms with Crippen molar-refractivity contribution in [3.05, 3.63) is 93.7 Å². The Labute approximate surface area is 158 Å². The van der Waals surface area contributed by atoms with Crippen molar-refractivity contribution in [2.75, 3.05) is 0 Å². The molecule has 4 aromatic rings. The van der Waals surface area contributed by atoms with Crippen molar-refractivity contribution >= 4 is 28.7 Å². The van der Waals surface area contributed by atoms with Gasteiger partial charge in [0.05, 0.1) is 17.1 Å². The molecular weight excluding hydrogens is 367 g/mol. The summed E-state index contributed by atoms with van der Waals surface area (Å²) in [7, 11) is 0. The largest absolute Gasteiger partial charge is 0.282 e. The minimum absolute atomic E-state index is 0.344.